The van der Waals surface area contributed by atoms with E-state index in [0.717, 1.165) is 17.9 Å². The van der Waals surface area contributed by atoms with Crippen LogP contribution in [0, 0.1) is 0 Å². The number of hydrogen-bond acceptors (Lipinski definition) is 3. The molecule has 0 bridgehead atoms. The zero-order chi connectivity index (χ0) is 14.7. The smallest absolute Gasteiger partial charge is 0.193 e. The summed E-state index contributed by atoms with van der Waals surface area (Å²) < 4.78 is 1.69. The van der Waals surface area contributed by atoms with Crippen LogP contribution in [0.5, 0.6) is 0 Å². The fourth-order valence-corrected chi connectivity index (χ4v) is 2.61. The number of nitrogens with two attached hydrogens (primary N) is 1. The number of hydrogen-bond donors (Lipinski definition) is 2. The maximum atomic E-state index is 5.91. The molecule has 0 unspecified atom stereocenters. The predicted molar refractivity (Wildman–Crippen MR) is 98.7 cm³/mol. The largest absolute Gasteiger partial charge is 0.370 e. The van der Waals surface area contributed by atoms with Crippen LogP contribution < -0.4 is 11.1 Å². The minimum absolute atomic E-state index is 0. The highest BCUT2D eigenvalue weighted by atomic mass is 127. The lowest BCUT2D eigenvalue weighted by Gasteiger charge is -2.07. The van der Waals surface area contributed by atoms with Gasteiger partial charge < -0.3 is 11.1 Å². The molecule has 2 aromatic rings. The van der Waals surface area contributed by atoms with Crippen molar-refractivity contribution in [2.75, 3.05) is 11.9 Å². The molecular weight excluding hydrogens is 391 g/mol. The maximum absolute atomic E-state index is 5.91. The van der Waals surface area contributed by atoms with Gasteiger partial charge in [0, 0.05) is 25.7 Å². The van der Waals surface area contributed by atoms with E-state index >= 15 is 0 Å². The Hall–Kier alpha value is -1.64. The van der Waals surface area contributed by atoms with E-state index < -0.39 is 0 Å². The number of guanidine groups is 1. The Labute approximate surface area is 147 Å². The van der Waals surface area contributed by atoms with Crippen LogP contribution in [0.4, 0.5) is 5.69 Å². The van der Waals surface area contributed by atoms with Crippen LogP contribution in [0.3, 0.4) is 0 Å². The summed E-state index contributed by atoms with van der Waals surface area (Å²) in [4.78, 5) is 8.47. The van der Waals surface area contributed by atoms with Gasteiger partial charge >= 0.3 is 0 Å². The summed E-state index contributed by atoms with van der Waals surface area (Å²) in [6.45, 7) is 0.577. The SMILES string of the molecule is Cn1cnc(CCN=C(N)Nc2ccc3c(c2)CCC3)n1.I. The quantitative estimate of drug-likeness (QED) is 0.457. The number of aromatic nitrogens is 3. The second kappa shape index (κ2) is 7.57. The van der Waals surface area contributed by atoms with E-state index in [1.807, 2.05) is 7.05 Å². The van der Waals surface area contributed by atoms with Gasteiger partial charge in [0.15, 0.2) is 11.8 Å². The van der Waals surface area contributed by atoms with E-state index in [-0.39, 0.29) is 24.0 Å². The molecule has 3 rings (SSSR count). The van der Waals surface area contributed by atoms with Gasteiger partial charge in [-0.3, -0.25) is 9.67 Å². The molecule has 6 nitrogen and oxygen atoms in total. The summed E-state index contributed by atoms with van der Waals surface area (Å²) in [7, 11) is 1.85. The second-order valence-corrected chi connectivity index (χ2v) is 5.31. The van der Waals surface area contributed by atoms with Crippen LogP contribution >= 0.6 is 24.0 Å². The highest BCUT2D eigenvalue weighted by Gasteiger charge is 2.10. The van der Waals surface area contributed by atoms with Gasteiger partial charge in [0.1, 0.15) is 6.33 Å². The average Bonchev–Trinajstić information content (AvgIpc) is 3.07. The average molecular weight is 412 g/mol. The highest BCUT2D eigenvalue weighted by molar-refractivity contribution is 14.0. The van der Waals surface area contributed by atoms with Crippen LogP contribution in [0.2, 0.25) is 0 Å². The Morgan fingerprint density at radius 1 is 1.36 bits per heavy atom. The molecule has 1 aliphatic carbocycles. The molecule has 22 heavy (non-hydrogen) atoms. The van der Waals surface area contributed by atoms with Gasteiger partial charge in [-0.25, -0.2) is 4.98 Å². The van der Waals surface area contributed by atoms with Crippen molar-refractivity contribution >= 4 is 35.6 Å². The molecule has 0 saturated carbocycles. The molecule has 0 amide bonds. The molecule has 1 aliphatic rings. The third-order valence-electron chi connectivity index (χ3n) is 3.64. The Morgan fingerprint density at radius 3 is 2.95 bits per heavy atom. The molecule has 7 heteroatoms. The third-order valence-corrected chi connectivity index (χ3v) is 3.64. The molecule has 1 heterocycles. The number of nitrogens with one attached hydrogen (secondary N) is 1. The van der Waals surface area contributed by atoms with Crippen LogP contribution in [0.1, 0.15) is 23.4 Å². The normalized spacial score (nSPS) is 13.6. The summed E-state index contributed by atoms with van der Waals surface area (Å²) in [5.41, 5.74) is 9.80. The molecule has 118 valence electrons. The molecule has 0 fully saturated rings. The van der Waals surface area contributed by atoms with Crippen molar-refractivity contribution in [3.05, 3.63) is 41.5 Å². The molecule has 3 N–H and O–H groups in total. The van der Waals surface area contributed by atoms with Gasteiger partial charge in [-0.05, 0) is 42.5 Å². The number of nitrogens with zero attached hydrogens (tertiary/aromatic N) is 4. The first-order valence-corrected chi connectivity index (χ1v) is 7.24. The van der Waals surface area contributed by atoms with Crippen molar-refractivity contribution in [3.8, 4) is 0 Å². The van der Waals surface area contributed by atoms with E-state index in [2.05, 4.69) is 38.6 Å². The first-order valence-electron chi connectivity index (χ1n) is 7.24. The summed E-state index contributed by atoms with van der Waals surface area (Å²) in [6.07, 6.45) is 5.97. The van der Waals surface area contributed by atoms with Gasteiger partial charge in [0.05, 0.1) is 0 Å². The van der Waals surface area contributed by atoms with Crippen molar-refractivity contribution in [1.82, 2.24) is 14.8 Å². The summed E-state index contributed by atoms with van der Waals surface area (Å²) in [5, 5.41) is 7.35. The van der Waals surface area contributed by atoms with Gasteiger partial charge in [-0.15, -0.1) is 24.0 Å². The Bertz CT molecular complexity index is 664. The van der Waals surface area contributed by atoms with Crippen molar-refractivity contribution < 1.29 is 0 Å². The zero-order valence-electron chi connectivity index (χ0n) is 12.6. The number of aryl methyl sites for hydroxylation is 3. The molecule has 1 aromatic heterocycles. The monoisotopic (exact) mass is 412 g/mol. The molecule has 1 aromatic carbocycles. The molecule has 0 radical (unpaired) electrons. The van der Waals surface area contributed by atoms with Gasteiger partial charge in [0.2, 0.25) is 0 Å². The van der Waals surface area contributed by atoms with Crippen molar-refractivity contribution in [2.45, 2.75) is 25.7 Å². The predicted octanol–water partition coefficient (Wildman–Crippen LogP) is 1.89. The lowest BCUT2D eigenvalue weighted by Crippen LogP contribution is -2.23. The van der Waals surface area contributed by atoms with Crippen molar-refractivity contribution in [3.63, 3.8) is 0 Å². The van der Waals surface area contributed by atoms with E-state index in [9.17, 15) is 0 Å². The second-order valence-electron chi connectivity index (χ2n) is 5.31. The van der Waals surface area contributed by atoms with E-state index in [4.69, 9.17) is 5.73 Å². The fraction of sp³-hybridized carbons (Fsp3) is 0.400. The van der Waals surface area contributed by atoms with Gasteiger partial charge in [-0.1, -0.05) is 6.07 Å². The summed E-state index contributed by atoms with van der Waals surface area (Å²) >= 11 is 0. The molecule has 0 atom stereocenters. The fourth-order valence-electron chi connectivity index (χ4n) is 2.61. The topological polar surface area (TPSA) is 81.1 Å². The van der Waals surface area contributed by atoms with Crippen LogP contribution in [-0.2, 0) is 26.3 Å². The standard InChI is InChI=1S/C15H20N6.HI/c1-21-10-18-14(20-21)7-8-17-15(16)19-13-6-5-11-3-2-4-12(11)9-13;/h5-6,9-10H,2-4,7-8H2,1H3,(H3,16,17,19);1H. The number of anilines is 1. The number of halogens is 1. The van der Waals surface area contributed by atoms with Crippen molar-refractivity contribution in [2.24, 2.45) is 17.8 Å². The summed E-state index contributed by atoms with van der Waals surface area (Å²) in [6, 6.07) is 6.41. The third kappa shape index (κ3) is 4.19. The molecular formula is C15H21IN6. The highest BCUT2D eigenvalue weighted by Crippen LogP contribution is 2.24. The van der Waals surface area contributed by atoms with E-state index in [0.29, 0.717) is 18.9 Å². The lowest BCUT2D eigenvalue weighted by molar-refractivity contribution is 0.739. The Kier molecular flexibility index (Phi) is 5.76. The lowest BCUT2D eigenvalue weighted by atomic mass is 10.1. The number of fused-ring (bicyclic) bond motifs is 1. The maximum Gasteiger partial charge on any atom is 0.193 e. The first kappa shape index (κ1) is 16.7. The zero-order valence-corrected chi connectivity index (χ0v) is 14.9. The molecule has 0 spiro atoms. The minimum atomic E-state index is 0. The van der Waals surface area contributed by atoms with Gasteiger partial charge in [0.25, 0.3) is 0 Å². The van der Waals surface area contributed by atoms with Gasteiger partial charge in [-0.2, -0.15) is 5.10 Å². The van der Waals surface area contributed by atoms with Crippen LogP contribution in [-0.4, -0.2) is 27.3 Å². The Balaban J connectivity index is 0.00000176. The Morgan fingerprint density at radius 2 is 2.18 bits per heavy atom. The number of rotatable bonds is 4. The number of aliphatic imine (C=N–C) groups is 1. The van der Waals surface area contributed by atoms with Crippen molar-refractivity contribution in [1.29, 1.82) is 0 Å². The number of benzene rings is 1. The minimum Gasteiger partial charge on any atom is -0.370 e. The van der Waals surface area contributed by atoms with E-state index in [1.54, 1.807) is 11.0 Å². The molecule has 0 aliphatic heterocycles. The first-order chi connectivity index (χ1) is 10.2. The van der Waals surface area contributed by atoms with Crippen LogP contribution in [0.25, 0.3) is 0 Å². The van der Waals surface area contributed by atoms with Crippen LogP contribution in [0.15, 0.2) is 29.5 Å². The summed E-state index contributed by atoms with van der Waals surface area (Å²) in [5.74, 6) is 1.22. The van der Waals surface area contributed by atoms with E-state index in [1.165, 1.54) is 24.0 Å². The molecule has 0 saturated heterocycles.